The lowest BCUT2D eigenvalue weighted by atomic mass is 9.90. The van der Waals surface area contributed by atoms with Crippen molar-refractivity contribution in [3.63, 3.8) is 0 Å². The number of hydrogen-bond acceptors (Lipinski definition) is 5. The van der Waals surface area contributed by atoms with Crippen molar-refractivity contribution in [1.29, 1.82) is 0 Å². The number of benzene rings is 1. The first kappa shape index (κ1) is 15.4. The molecule has 0 radical (unpaired) electrons. The molecule has 1 aliphatic rings. The molecule has 3 rings (SSSR count). The minimum atomic E-state index is -0.363. The minimum Gasteiger partial charge on any atom is -0.339 e. The Balaban J connectivity index is 1.90. The Morgan fingerprint density at radius 2 is 1.91 bits per heavy atom. The summed E-state index contributed by atoms with van der Waals surface area (Å²) in [6.07, 6.45) is 0. The molecule has 120 valence electrons. The number of hydrogen-bond donors (Lipinski definition) is 0. The molecule has 0 saturated heterocycles. The second kappa shape index (κ2) is 5.30. The summed E-state index contributed by atoms with van der Waals surface area (Å²) in [6, 6.07) is 7.19. The fraction of sp³-hybridized carbons (Fsp3) is 0.412. The number of aromatic nitrogens is 2. The molecule has 0 N–H and O–H groups in total. The molecular weight excluding hydrogens is 294 g/mol. The van der Waals surface area contributed by atoms with E-state index in [1.54, 1.807) is 19.1 Å². The molecule has 6 heteroatoms. The maximum absolute atomic E-state index is 12.6. The molecule has 1 aromatic carbocycles. The van der Waals surface area contributed by atoms with Crippen molar-refractivity contribution < 1.29 is 14.1 Å². The predicted octanol–water partition coefficient (Wildman–Crippen LogP) is 2.65. The summed E-state index contributed by atoms with van der Waals surface area (Å²) in [5.74, 6) is -0.0967. The minimum absolute atomic E-state index is 0.0237. The lowest BCUT2D eigenvalue weighted by Gasteiger charge is -2.29. The molecule has 2 amide bonds. The standard InChI is InChI=1S/C17H19N3O3/c1-10-11-7-5-6-8-12(11)15(22)20(14(10)21)9-13-18-16(23-19-13)17(2,3)4/h5-8,10H,9H2,1-4H3. The van der Waals surface area contributed by atoms with Crippen molar-refractivity contribution in [2.75, 3.05) is 0 Å². The van der Waals surface area contributed by atoms with Crippen molar-refractivity contribution in [3.8, 4) is 0 Å². The highest BCUT2D eigenvalue weighted by molar-refractivity contribution is 6.11. The van der Waals surface area contributed by atoms with E-state index in [1.807, 2.05) is 32.9 Å². The Hall–Kier alpha value is -2.50. The zero-order valence-corrected chi connectivity index (χ0v) is 13.7. The van der Waals surface area contributed by atoms with Gasteiger partial charge in [0.1, 0.15) is 0 Å². The van der Waals surface area contributed by atoms with Crippen LogP contribution in [0.5, 0.6) is 0 Å². The Morgan fingerprint density at radius 1 is 1.22 bits per heavy atom. The number of amides is 2. The van der Waals surface area contributed by atoms with Gasteiger partial charge in [0.2, 0.25) is 11.8 Å². The Bertz CT molecular complexity index is 773. The number of nitrogens with zero attached hydrogens (tertiary/aromatic N) is 3. The van der Waals surface area contributed by atoms with Gasteiger partial charge in [-0.2, -0.15) is 4.98 Å². The van der Waals surface area contributed by atoms with Crippen LogP contribution < -0.4 is 0 Å². The van der Waals surface area contributed by atoms with E-state index < -0.39 is 0 Å². The van der Waals surface area contributed by atoms with Crippen LogP contribution in [0, 0.1) is 0 Å². The Kier molecular flexibility index (Phi) is 3.55. The van der Waals surface area contributed by atoms with Crippen molar-refractivity contribution in [2.24, 2.45) is 0 Å². The van der Waals surface area contributed by atoms with Gasteiger partial charge < -0.3 is 4.52 Å². The highest BCUT2D eigenvalue weighted by Gasteiger charge is 2.37. The summed E-state index contributed by atoms with van der Waals surface area (Å²) in [5.41, 5.74) is 1.04. The number of carbonyl (C=O) groups excluding carboxylic acids is 2. The first-order valence-corrected chi connectivity index (χ1v) is 7.56. The monoisotopic (exact) mass is 313 g/mol. The van der Waals surface area contributed by atoms with Crippen molar-refractivity contribution in [1.82, 2.24) is 15.0 Å². The van der Waals surface area contributed by atoms with Crippen LogP contribution in [0.25, 0.3) is 0 Å². The van der Waals surface area contributed by atoms with Gasteiger partial charge in [-0.15, -0.1) is 0 Å². The molecule has 0 fully saturated rings. The molecule has 2 aromatic rings. The SMILES string of the molecule is CC1C(=O)N(Cc2noc(C(C)(C)C)n2)C(=O)c2ccccc21. The van der Waals surface area contributed by atoms with Gasteiger partial charge in [0.15, 0.2) is 5.82 Å². The quantitative estimate of drug-likeness (QED) is 0.797. The third-order valence-corrected chi connectivity index (χ3v) is 3.95. The Labute approximate surface area is 134 Å². The molecule has 0 saturated carbocycles. The van der Waals surface area contributed by atoms with Gasteiger partial charge in [-0.25, -0.2) is 0 Å². The van der Waals surface area contributed by atoms with Crippen molar-refractivity contribution in [3.05, 3.63) is 47.1 Å². The number of rotatable bonds is 2. The van der Waals surface area contributed by atoms with E-state index in [4.69, 9.17) is 4.52 Å². The van der Waals surface area contributed by atoms with Crippen LogP contribution in [0.4, 0.5) is 0 Å². The van der Waals surface area contributed by atoms with Gasteiger partial charge in [-0.1, -0.05) is 44.1 Å². The van der Waals surface area contributed by atoms with Crippen LogP contribution >= 0.6 is 0 Å². The molecule has 0 aliphatic carbocycles. The maximum atomic E-state index is 12.6. The zero-order valence-electron chi connectivity index (χ0n) is 13.7. The van der Waals surface area contributed by atoms with E-state index in [0.29, 0.717) is 17.3 Å². The topological polar surface area (TPSA) is 76.3 Å². The van der Waals surface area contributed by atoms with E-state index >= 15 is 0 Å². The number of carbonyl (C=O) groups is 2. The number of imide groups is 1. The van der Waals surface area contributed by atoms with E-state index in [2.05, 4.69) is 10.1 Å². The molecule has 2 heterocycles. The first-order valence-electron chi connectivity index (χ1n) is 7.56. The summed E-state index contributed by atoms with van der Waals surface area (Å²) in [6.45, 7) is 7.70. The molecule has 23 heavy (non-hydrogen) atoms. The van der Waals surface area contributed by atoms with Crippen molar-refractivity contribution in [2.45, 2.75) is 45.6 Å². The van der Waals surface area contributed by atoms with Gasteiger partial charge in [0.25, 0.3) is 5.91 Å². The summed E-state index contributed by atoms with van der Waals surface area (Å²) < 4.78 is 5.23. The van der Waals surface area contributed by atoms with Crippen molar-refractivity contribution >= 4 is 11.8 Å². The van der Waals surface area contributed by atoms with E-state index in [0.717, 1.165) is 5.56 Å². The molecule has 1 aliphatic heterocycles. The van der Waals surface area contributed by atoms with E-state index in [-0.39, 0.29) is 29.7 Å². The Morgan fingerprint density at radius 3 is 2.57 bits per heavy atom. The lowest BCUT2D eigenvalue weighted by molar-refractivity contribution is -0.131. The largest absolute Gasteiger partial charge is 0.339 e. The van der Waals surface area contributed by atoms with Crippen LogP contribution in [0.15, 0.2) is 28.8 Å². The van der Waals surface area contributed by atoms with Gasteiger partial charge in [0, 0.05) is 11.0 Å². The lowest BCUT2D eigenvalue weighted by Crippen LogP contribution is -2.43. The van der Waals surface area contributed by atoms with E-state index in [9.17, 15) is 9.59 Å². The molecule has 1 aromatic heterocycles. The fourth-order valence-electron chi connectivity index (χ4n) is 2.60. The molecular formula is C17H19N3O3. The van der Waals surface area contributed by atoms with Crippen LogP contribution in [-0.4, -0.2) is 26.9 Å². The average Bonchev–Trinajstić information content (AvgIpc) is 2.98. The second-order valence-electron chi connectivity index (χ2n) is 6.80. The zero-order chi connectivity index (χ0) is 16.8. The highest BCUT2D eigenvalue weighted by atomic mass is 16.5. The maximum Gasteiger partial charge on any atom is 0.261 e. The van der Waals surface area contributed by atoms with Gasteiger partial charge in [-0.3, -0.25) is 14.5 Å². The van der Waals surface area contributed by atoms with Gasteiger partial charge in [-0.05, 0) is 18.6 Å². The van der Waals surface area contributed by atoms with Crippen LogP contribution in [-0.2, 0) is 16.8 Å². The highest BCUT2D eigenvalue weighted by Crippen LogP contribution is 2.30. The molecule has 6 nitrogen and oxygen atoms in total. The second-order valence-corrected chi connectivity index (χ2v) is 6.80. The normalized spacial score (nSPS) is 18.3. The molecule has 1 unspecified atom stereocenters. The average molecular weight is 313 g/mol. The number of fused-ring (bicyclic) bond motifs is 1. The summed E-state index contributed by atoms with van der Waals surface area (Å²) >= 11 is 0. The molecule has 0 bridgehead atoms. The van der Waals surface area contributed by atoms with Gasteiger partial charge >= 0.3 is 0 Å². The smallest absolute Gasteiger partial charge is 0.261 e. The fourth-order valence-corrected chi connectivity index (χ4v) is 2.60. The summed E-state index contributed by atoms with van der Waals surface area (Å²) in [5, 5.41) is 3.89. The third kappa shape index (κ3) is 2.65. The van der Waals surface area contributed by atoms with Crippen LogP contribution in [0.2, 0.25) is 0 Å². The first-order chi connectivity index (χ1) is 10.8. The summed E-state index contributed by atoms with van der Waals surface area (Å²) in [4.78, 5) is 30.6. The predicted molar refractivity (Wildman–Crippen MR) is 82.7 cm³/mol. The van der Waals surface area contributed by atoms with E-state index in [1.165, 1.54) is 4.90 Å². The van der Waals surface area contributed by atoms with Crippen LogP contribution in [0.3, 0.4) is 0 Å². The molecule has 0 spiro atoms. The molecule has 1 atom stereocenters. The summed E-state index contributed by atoms with van der Waals surface area (Å²) in [7, 11) is 0. The van der Waals surface area contributed by atoms with Crippen LogP contribution in [0.1, 0.15) is 61.2 Å². The third-order valence-electron chi connectivity index (χ3n) is 3.95. The van der Waals surface area contributed by atoms with Gasteiger partial charge in [0.05, 0.1) is 12.5 Å².